The van der Waals surface area contributed by atoms with Crippen LogP contribution in [0.1, 0.15) is 64.1 Å². The number of aliphatic hydroxyl groups is 1. The molecule has 0 saturated heterocycles. The third-order valence-corrected chi connectivity index (χ3v) is 7.32. The molecule has 9 heteroatoms. The standard InChI is InChI=1S/C32H38F2IN3O3/c1-4-14-38(15-5-2)31(41)25-17-22(3)16-24(19-25)30(40)37-29(32(33,34)26-11-7-6-8-12-26)28(39)21-36-20-23-10-9-13-27(35)18-23/h6-13,16-19,28-29,36,39H,4-5,14-15,20-21H2,1-3H3,(H,37,40)/t28-,29-/m0/s1. The van der Waals surface area contributed by atoms with Crippen LogP contribution in [0.3, 0.4) is 0 Å². The molecule has 3 N–H and O–H groups in total. The zero-order valence-corrected chi connectivity index (χ0v) is 25.8. The lowest BCUT2D eigenvalue weighted by Gasteiger charge is -2.32. The summed E-state index contributed by atoms with van der Waals surface area (Å²) in [7, 11) is 0. The molecule has 0 aliphatic heterocycles. The van der Waals surface area contributed by atoms with Gasteiger partial charge in [0.25, 0.3) is 17.7 Å². The van der Waals surface area contributed by atoms with E-state index in [0.717, 1.165) is 22.0 Å². The first-order valence-electron chi connectivity index (χ1n) is 13.8. The van der Waals surface area contributed by atoms with Crippen LogP contribution in [0.2, 0.25) is 0 Å². The second kappa shape index (κ2) is 15.4. The minimum absolute atomic E-state index is 0.0779. The highest BCUT2D eigenvalue weighted by Crippen LogP contribution is 2.33. The molecule has 220 valence electrons. The highest BCUT2D eigenvalue weighted by molar-refractivity contribution is 14.1. The average molecular weight is 678 g/mol. The van der Waals surface area contributed by atoms with Gasteiger partial charge >= 0.3 is 0 Å². The molecule has 0 heterocycles. The molecule has 3 aromatic carbocycles. The Hall–Kier alpha value is -2.89. The van der Waals surface area contributed by atoms with Crippen LogP contribution in [0, 0.1) is 10.5 Å². The molecule has 3 rings (SSSR count). The number of alkyl halides is 2. The van der Waals surface area contributed by atoms with Crippen molar-refractivity contribution in [3.63, 3.8) is 0 Å². The van der Waals surface area contributed by atoms with E-state index in [9.17, 15) is 14.7 Å². The van der Waals surface area contributed by atoms with E-state index < -0.39 is 24.0 Å². The molecule has 41 heavy (non-hydrogen) atoms. The van der Waals surface area contributed by atoms with Gasteiger partial charge in [-0.3, -0.25) is 9.59 Å². The number of amides is 2. The normalized spacial score (nSPS) is 13.0. The van der Waals surface area contributed by atoms with E-state index >= 15 is 8.78 Å². The number of aryl methyl sites for hydroxylation is 1. The molecular formula is C32H38F2IN3O3. The number of hydrogen-bond acceptors (Lipinski definition) is 4. The molecule has 0 aliphatic carbocycles. The Morgan fingerprint density at radius 3 is 2.24 bits per heavy atom. The van der Waals surface area contributed by atoms with Crippen molar-refractivity contribution in [3.05, 3.63) is 104 Å². The Balaban J connectivity index is 1.86. The molecule has 0 saturated carbocycles. The van der Waals surface area contributed by atoms with Crippen LogP contribution in [0.4, 0.5) is 8.78 Å². The fourth-order valence-corrected chi connectivity index (χ4v) is 5.30. The van der Waals surface area contributed by atoms with Crippen molar-refractivity contribution >= 4 is 34.4 Å². The smallest absolute Gasteiger partial charge is 0.295 e. The molecule has 2 amide bonds. The van der Waals surface area contributed by atoms with Gasteiger partial charge in [0, 0.05) is 46.4 Å². The van der Waals surface area contributed by atoms with Crippen LogP contribution in [0.5, 0.6) is 0 Å². The van der Waals surface area contributed by atoms with Crippen molar-refractivity contribution in [2.45, 2.75) is 58.2 Å². The summed E-state index contributed by atoms with van der Waals surface area (Å²) >= 11 is 2.19. The predicted octanol–water partition coefficient (Wildman–Crippen LogP) is 5.90. The van der Waals surface area contributed by atoms with Crippen LogP contribution >= 0.6 is 22.6 Å². The second-order valence-corrected chi connectivity index (χ2v) is 11.4. The Morgan fingerprint density at radius 2 is 1.61 bits per heavy atom. The minimum atomic E-state index is -3.58. The third kappa shape index (κ3) is 9.05. The van der Waals surface area contributed by atoms with Crippen LogP contribution in [0.25, 0.3) is 0 Å². The van der Waals surface area contributed by atoms with Gasteiger partial charge in [-0.15, -0.1) is 0 Å². The summed E-state index contributed by atoms with van der Waals surface area (Å²) < 4.78 is 32.7. The Bertz CT molecular complexity index is 1300. The second-order valence-electron chi connectivity index (χ2n) is 10.1. The first-order chi connectivity index (χ1) is 19.6. The van der Waals surface area contributed by atoms with Gasteiger partial charge in [0.1, 0.15) is 6.04 Å². The van der Waals surface area contributed by atoms with Gasteiger partial charge in [-0.05, 0) is 83.8 Å². The van der Waals surface area contributed by atoms with Gasteiger partial charge in [-0.25, -0.2) is 0 Å². The number of benzene rings is 3. The molecular weight excluding hydrogens is 639 g/mol. The molecule has 3 aromatic rings. The fraction of sp³-hybridized carbons (Fsp3) is 0.375. The van der Waals surface area contributed by atoms with E-state index in [1.807, 2.05) is 38.1 Å². The number of hydrogen-bond donors (Lipinski definition) is 3. The average Bonchev–Trinajstić information content (AvgIpc) is 2.95. The first-order valence-corrected chi connectivity index (χ1v) is 14.9. The summed E-state index contributed by atoms with van der Waals surface area (Å²) in [5, 5.41) is 16.4. The summed E-state index contributed by atoms with van der Waals surface area (Å²) in [5.74, 6) is -4.59. The molecule has 0 bridgehead atoms. The largest absolute Gasteiger partial charge is 0.389 e. The van der Waals surface area contributed by atoms with Gasteiger partial charge in [0.15, 0.2) is 0 Å². The summed E-state index contributed by atoms with van der Waals surface area (Å²) in [5.41, 5.74) is 1.67. The molecule has 2 atom stereocenters. The zero-order chi connectivity index (χ0) is 30.0. The number of nitrogens with zero attached hydrogens (tertiary/aromatic N) is 1. The van der Waals surface area contributed by atoms with Crippen molar-refractivity contribution in [1.82, 2.24) is 15.5 Å². The van der Waals surface area contributed by atoms with Crippen LogP contribution < -0.4 is 10.6 Å². The quantitative estimate of drug-likeness (QED) is 0.186. The topological polar surface area (TPSA) is 81.7 Å². The highest BCUT2D eigenvalue weighted by atomic mass is 127. The van der Waals surface area contributed by atoms with E-state index in [1.54, 1.807) is 30.0 Å². The highest BCUT2D eigenvalue weighted by Gasteiger charge is 2.46. The van der Waals surface area contributed by atoms with Gasteiger partial charge < -0.3 is 20.6 Å². The number of nitrogens with one attached hydrogen (secondary N) is 2. The summed E-state index contributed by atoms with van der Waals surface area (Å²) in [6, 6.07) is 17.6. The molecule has 0 unspecified atom stereocenters. The van der Waals surface area contributed by atoms with Crippen molar-refractivity contribution in [2.75, 3.05) is 19.6 Å². The summed E-state index contributed by atoms with van der Waals surface area (Å²) in [6.07, 6.45) is -0.0416. The molecule has 0 fully saturated rings. The summed E-state index contributed by atoms with van der Waals surface area (Å²) in [6.45, 7) is 7.05. The van der Waals surface area contributed by atoms with Crippen LogP contribution in [0.15, 0.2) is 72.8 Å². The molecule has 0 spiro atoms. The Labute approximate surface area is 254 Å². The monoisotopic (exact) mass is 677 g/mol. The maximum atomic E-state index is 15.8. The maximum Gasteiger partial charge on any atom is 0.295 e. The fourth-order valence-electron chi connectivity index (χ4n) is 4.70. The van der Waals surface area contributed by atoms with Crippen molar-refractivity contribution < 1.29 is 23.5 Å². The molecule has 0 aliphatic rings. The van der Waals surface area contributed by atoms with Gasteiger partial charge in [-0.1, -0.05) is 56.3 Å². The first kappa shape index (κ1) is 32.6. The molecule has 6 nitrogen and oxygen atoms in total. The lowest BCUT2D eigenvalue weighted by molar-refractivity contribution is -0.0806. The van der Waals surface area contributed by atoms with E-state index in [1.165, 1.54) is 30.3 Å². The van der Waals surface area contributed by atoms with Gasteiger partial charge in [-0.2, -0.15) is 8.78 Å². The van der Waals surface area contributed by atoms with E-state index in [0.29, 0.717) is 30.8 Å². The van der Waals surface area contributed by atoms with Crippen molar-refractivity contribution in [2.24, 2.45) is 0 Å². The Kier molecular flexibility index (Phi) is 12.2. The van der Waals surface area contributed by atoms with E-state index in [4.69, 9.17) is 0 Å². The number of carbonyl (C=O) groups is 2. The third-order valence-electron chi connectivity index (χ3n) is 6.65. The molecule has 0 aromatic heterocycles. The maximum absolute atomic E-state index is 15.8. The number of halogens is 3. The lowest BCUT2D eigenvalue weighted by Crippen LogP contribution is -2.55. The van der Waals surface area contributed by atoms with Gasteiger partial charge in [0.2, 0.25) is 0 Å². The number of aliphatic hydroxyl groups excluding tert-OH is 1. The summed E-state index contributed by atoms with van der Waals surface area (Å²) in [4.78, 5) is 28.4. The zero-order valence-electron chi connectivity index (χ0n) is 23.7. The van der Waals surface area contributed by atoms with Crippen molar-refractivity contribution in [1.29, 1.82) is 0 Å². The van der Waals surface area contributed by atoms with Gasteiger partial charge in [0.05, 0.1) is 6.10 Å². The Morgan fingerprint density at radius 1 is 0.951 bits per heavy atom. The van der Waals surface area contributed by atoms with E-state index in [-0.39, 0.29) is 23.6 Å². The molecule has 0 radical (unpaired) electrons. The van der Waals surface area contributed by atoms with Crippen LogP contribution in [-0.4, -0.2) is 53.6 Å². The van der Waals surface area contributed by atoms with Crippen molar-refractivity contribution in [3.8, 4) is 0 Å². The number of carbonyl (C=O) groups excluding carboxylic acids is 2. The van der Waals surface area contributed by atoms with Crippen LogP contribution in [-0.2, 0) is 12.5 Å². The lowest BCUT2D eigenvalue weighted by atomic mass is 9.95. The predicted molar refractivity (Wildman–Crippen MR) is 166 cm³/mol. The SMILES string of the molecule is CCCN(CCC)C(=O)c1cc(C)cc(C(=O)N[C@@H]([C@@H](O)CNCc2cccc(I)c2)C(F)(F)c2ccccc2)c1. The van der Waals surface area contributed by atoms with E-state index in [2.05, 4.69) is 33.2 Å². The number of rotatable bonds is 14. The minimum Gasteiger partial charge on any atom is -0.389 e.